The summed E-state index contributed by atoms with van der Waals surface area (Å²) in [6.45, 7) is 6.69. The summed E-state index contributed by atoms with van der Waals surface area (Å²) >= 11 is 1.49. The number of halogens is 1. The highest BCUT2D eigenvalue weighted by Gasteiger charge is 2.27. The van der Waals surface area contributed by atoms with Crippen molar-refractivity contribution in [2.24, 2.45) is 0 Å². The lowest BCUT2D eigenvalue weighted by Crippen LogP contribution is -2.40. The summed E-state index contributed by atoms with van der Waals surface area (Å²) in [5.74, 6) is -0.204. The SMILES string of the molecule is Cc1cc2nc(N(CCN(C)C)C(=O)c3ccc(S(=O)(=O)N4CCOCC4)cc3)sc2cc1C.Cl. The van der Waals surface area contributed by atoms with Crippen molar-refractivity contribution in [2.45, 2.75) is 18.7 Å². The minimum atomic E-state index is -3.61. The predicted octanol–water partition coefficient (Wildman–Crippen LogP) is 3.56. The Morgan fingerprint density at radius 2 is 1.69 bits per heavy atom. The number of anilines is 1. The van der Waals surface area contributed by atoms with Crippen LogP contribution in [-0.2, 0) is 14.8 Å². The van der Waals surface area contributed by atoms with Gasteiger partial charge in [0.2, 0.25) is 10.0 Å². The third-order valence-electron chi connectivity index (χ3n) is 5.95. The molecule has 1 fully saturated rings. The van der Waals surface area contributed by atoms with E-state index in [0.29, 0.717) is 50.1 Å². The van der Waals surface area contributed by atoms with Crippen LogP contribution in [0.3, 0.4) is 0 Å². The van der Waals surface area contributed by atoms with E-state index in [2.05, 4.69) is 19.9 Å². The number of aryl methyl sites for hydroxylation is 2. The second-order valence-corrected chi connectivity index (χ2v) is 11.6. The van der Waals surface area contributed by atoms with Gasteiger partial charge in [0, 0.05) is 31.7 Å². The number of carbonyl (C=O) groups excluding carboxylic acids is 1. The molecule has 4 rings (SSSR count). The van der Waals surface area contributed by atoms with E-state index < -0.39 is 10.0 Å². The van der Waals surface area contributed by atoms with E-state index in [0.717, 1.165) is 15.8 Å². The van der Waals surface area contributed by atoms with Crippen LogP contribution >= 0.6 is 23.7 Å². The highest BCUT2D eigenvalue weighted by Crippen LogP contribution is 2.31. The molecule has 0 N–H and O–H groups in total. The fraction of sp³-hybridized carbons (Fsp3) is 0.417. The molecular formula is C24H31ClN4O4S2. The fourth-order valence-electron chi connectivity index (χ4n) is 3.73. The first-order valence-electron chi connectivity index (χ1n) is 11.2. The smallest absolute Gasteiger partial charge is 0.260 e. The second-order valence-electron chi connectivity index (χ2n) is 8.70. The van der Waals surface area contributed by atoms with E-state index >= 15 is 0 Å². The molecule has 1 aromatic heterocycles. The summed E-state index contributed by atoms with van der Waals surface area (Å²) in [5, 5.41) is 0.636. The molecule has 11 heteroatoms. The van der Waals surface area contributed by atoms with E-state index in [4.69, 9.17) is 9.72 Å². The quantitative estimate of drug-likeness (QED) is 0.457. The molecule has 8 nitrogen and oxygen atoms in total. The molecule has 35 heavy (non-hydrogen) atoms. The van der Waals surface area contributed by atoms with E-state index in [1.165, 1.54) is 33.3 Å². The highest BCUT2D eigenvalue weighted by molar-refractivity contribution is 7.89. The molecule has 0 spiro atoms. The molecule has 0 radical (unpaired) electrons. The summed E-state index contributed by atoms with van der Waals surface area (Å²) in [6.07, 6.45) is 0. The first-order chi connectivity index (χ1) is 16.2. The molecule has 1 amide bonds. The van der Waals surface area contributed by atoms with Crippen molar-refractivity contribution in [1.29, 1.82) is 0 Å². The van der Waals surface area contributed by atoms with Crippen molar-refractivity contribution in [3.05, 3.63) is 53.1 Å². The van der Waals surface area contributed by atoms with Crippen molar-refractivity contribution in [3.8, 4) is 0 Å². The van der Waals surface area contributed by atoms with Gasteiger partial charge in [0.05, 0.1) is 28.3 Å². The Balaban J connectivity index is 0.00000342. The number of nitrogens with zero attached hydrogens (tertiary/aromatic N) is 4. The van der Waals surface area contributed by atoms with Gasteiger partial charge >= 0.3 is 0 Å². The lowest BCUT2D eigenvalue weighted by molar-refractivity contribution is 0.0730. The molecule has 1 aliphatic heterocycles. The topological polar surface area (TPSA) is 83.1 Å². The zero-order valence-electron chi connectivity index (χ0n) is 20.4. The summed E-state index contributed by atoms with van der Waals surface area (Å²) in [7, 11) is 0.302. The first-order valence-corrected chi connectivity index (χ1v) is 13.4. The molecule has 2 heterocycles. The lowest BCUT2D eigenvalue weighted by Gasteiger charge is -2.26. The number of rotatable bonds is 7. The number of aromatic nitrogens is 1. The van der Waals surface area contributed by atoms with Crippen LogP contribution in [0.4, 0.5) is 5.13 Å². The molecule has 0 atom stereocenters. The van der Waals surface area contributed by atoms with Crippen LogP contribution in [0.25, 0.3) is 10.2 Å². The van der Waals surface area contributed by atoms with Crippen molar-refractivity contribution in [3.63, 3.8) is 0 Å². The Bertz CT molecular complexity index is 1250. The zero-order valence-corrected chi connectivity index (χ0v) is 22.8. The van der Waals surface area contributed by atoms with E-state index in [1.54, 1.807) is 17.0 Å². The first kappa shape index (κ1) is 27.5. The van der Waals surface area contributed by atoms with Gasteiger partial charge in [-0.25, -0.2) is 13.4 Å². The van der Waals surface area contributed by atoms with Crippen LogP contribution in [0, 0.1) is 13.8 Å². The maximum Gasteiger partial charge on any atom is 0.260 e. The standard InChI is InChI=1S/C24H30N4O4S2.ClH/c1-17-15-21-22(16-18(17)2)33-24(25-21)28(10-9-26(3)4)23(29)19-5-7-20(8-6-19)34(30,31)27-11-13-32-14-12-27;/h5-8,15-16H,9-14H2,1-4H3;1H. The third-order valence-corrected chi connectivity index (χ3v) is 8.90. The maximum atomic E-state index is 13.5. The number of hydrogen-bond donors (Lipinski definition) is 0. The number of fused-ring (bicyclic) bond motifs is 1. The number of amides is 1. The Morgan fingerprint density at radius 3 is 2.31 bits per heavy atom. The maximum absolute atomic E-state index is 13.5. The number of thiazole rings is 1. The van der Waals surface area contributed by atoms with Crippen molar-refractivity contribution < 1.29 is 17.9 Å². The predicted molar refractivity (Wildman–Crippen MR) is 143 cm³/mol. The molecular weight excluding hydrogens is 508 g/mol. The average Bonchev–Trinajstić information content (AvgIpc) is 3.22. The summed E-state index contributed by atoms with van der Waals surface area (Å²) in [5.41, 5.74) is 3.64. The molecule has 0 aliphatic carbocycles. The van der Waals surface area contributed by atoms with Gasteiger partial charge < -0.3 is 9.64 Å². The second kappa shape index (κ2) is 11.3. The molecule has 3 aromatic rings. The third kappa shape index (κ3) is 6.02. The largest absolute Gasteiger partial charge is 0.379 e. The van der Waals surface area contributed by atoms with Crippen LogP contribution in [0.15, 0.2) is 41.3 Å². The molecule has 0 bridgehead atoms. The van der Waals surface area contributed by atoms with Gasteiger partial charge in [-0.05, 0) is 75.5 Å². The van der Waals surface area contributed by atoms with Gasteiger partial charge in [-0.2, -0.15) is 4.31 Å². The van der Waals surface area contributed by atoms with Gasteiger partial charge in [-0.1, -0.05) is 11.3 Å². The molecule has 0 unspecified atom stereocenters. The van der Waals surface area contributed by atoms with Gasteiger partial charge in [0.15, 0.2) is 5.13 Å². The Kier molecular flexibility index (Phi) is 8.90. The molecule has 190 valence electrons. The van der Waals surface area contributed by atoms with Crippen LogP contribution < -0.4 is 4.90 Å². The molecule has 1 aliphatic rings. The number of carbonyl (C=O) groups is 1. The summed E-state index contributed by atoms with van der Waals surface area (Å²) in [4.78, 5) is 22.1. The number of morpholine rings is 1. The van der Waals surface area contributed by atoms with Gasteiger partial charge in [-0.3, -0.25) is 9.69 Å². The van der Waals surface area contributed by atoms with Crippen LogP contribution in [-0.4, -0.2) is 82.0 Å². The van der Waals surface area contributed by atoms with E-state index in [-0.39, 0.29) is 23.2 Å². The minimum Gasteiger partial charge on any atom is -0.379 e. The Labute approximate surface area is 217 Å². The highest BCUT2D eigenvalue weighted by atomic mass is 35.5. The normalized spacial score (nSPS) is 14.8. The number of ether oxygens (including phenoxy) is 1. The minimum absolute atomic E-state index is 0. The Morgan fingerprint density at radius 1 is 1.06 bits per heavy atom. The number of likely N-dealkylation sites (N-methyl/N-ethyl adjacent to an activating group) is 1. The monoisotopic (exact) mass is 538 g/mol. The van der Waals surface area contributed by atoms with Crippen molar-refractivity contribution in [2.75, 3.05) is 58.4 Å². The Hall–Kier alpha value is -2.08. The summed E-state index contributed by atoms with van der Waals surface area (Å²) < 4.78 is 33.5. The van der Waals surface area contributed by atoms with Crippen LogP contribution in [0.1, 0.15) is 21.5 Å². The lowest BCUT2D eigenvalue weighted by atomic mass is 10.1. The van der Waals surface area contributed by atoms with Gasteiger partial charge in [0.25, 0.3) is 5.91 Å². The van der Waals surface area contributed by atoms with Crippen molar-refractivity contribution >= 4 is 55.0 Å². The number of sulfonamides is 1. The van der Waals surface area contributed by atoms with Crippen LogP contribution in [0.2, 0.25) is 0 Å². The van der Waals surface area contributed by atoms with E-state index in [9.17, 15) is 13.2 Å². The van der Waals surface area contributed by atoms with Gasteiger partial charge in [-0.15, -0.1) is 12.4 Å². The summed E-state index contributed by atoms with van der Waals surface area (Å²) in [6, 6.07) is 10.3. The van der Waals surface area contributed by atoms with Crippen LogP contribution in [0.5, 0.6) is 0 Å². The van der Waals surface area contributed by atoms with Gasteiger partial charge in [0.1, 0.15) is 0 Å². The molecule has 0 saturated carbocycles. The van der Waals surface area contributed by atoms with Crippen molar-refractivity contribution in [1.82, 2.24) is 14.2 Å². The van der Waals surface area contributed by atoms with E-state index in [1.807, 2.05) is 25.1 Å². The molecule has 1 saturated heterocycles. The molecule has 2 aromatic carbocycles. The fourth-order valence-corrected chi connectivity index (χ4v) is 6.21. The number of hydrogen-bond acceptors (Lipinski definition) is 7. The number of benzene rings is 2. The average molecular weight is 539 g/mol. The zero-order chi connectivity index (χ0) is 24.5.